The number of halogens is 3. The van der Waals surface area contributed by atoms with Crippen LogP contribution in [0.15, 0.2) is 78.0 Å². The van der Waals surface area contributed by atoms with Gasteiger partial charge in [0.05, 0.1) is 17.7 Å². The first-order chi connectivity index (χ1) is 16.6. The molecule has 0 saturated heterocycles. The minimum atomic E-state index is -4.50. The average Bonchev–Trinajstić information content (AvgIpc) is 2.82. The Bertz CT molecular complexity index is 1160. The molecule has 3 rings (SSSR count). The highest BCUT2D eigenvalue weighted by Crippen LogP contribution is 2.37. The number of hydrogen-bond acceptors (Lipinski definition) is 4. The quantitative estimate of drug-likeness (QED) is 0.263. The Morgan fingerprint density at radius 1 is 1.03 bits per heavy atom. The van der Waals surface area contributed by atoms with E-state index in [1.54, 1.807) is 43.3 Å². The molecule has 0 heterocycles. The van der Waals surface area contributed by atoms with Crippen LogP contribution in [0.25, 0.3) is 11.1 Å². The maximum Gasteiger partial charge on any atom is 0.417 e. The van der Waals surface area contributed by atoms with Crippen LogP contribution in [0, 0.1) is 0 Å². The zero-order valence-corrected chi connectivity index (χ0v) is 19.5. The summed E-state index contributed by atoms with van der Waals surface area (Å²) in [6.45, 7) is 3.99. The average molecular weight is 485 g/mol. The Morgan fingerprint density at radius 3 is 2.31 bits per heavy atom. The summed E-state index contributed by atoms with van der Waals surface area (Å²) in [7, 11) is 0. The number of oxime groups is 1. The molecule has 35 heavy (non-hydrogen) atoms. The number of hydrogen-bond donors (Lipinski definition) is 2. The molecular formula is C27H27F3N2O3. The molecule has 0 spiro atoms. The van der Waals surface area contributed by atoms with Gasteiger partial charge in [-0.05, 0) is 47.7 Å². The number of nitrogens with zero attached hydrogens (tertiary/aromatic N) is 1. The number of carboxylic acid groups (broad SMARTS) is 1. The molecule has 1 unspecified atom stereocenters. The van der Waals surface area contributed by atoms with E-state index in [2.05, 4.69) is 10.5 Å². The zero-order valence-electron chi connectivity index (χ0n) is 19.5. The van der Waals surface area contributed by atoms with Crippen LogP contribution in [-0.4, -0.2) is 22.8 Å². The maximum atomic E-state index is 13.7. The molecule has 0 aliphatic heterocycles. The number of aliphatic carboxylic acids is 1. The van der Waals surface area contributed by atoms with E-state index in [-0.39, 0.29) is 24.6 Å². The van der Waals surface area contributed by atoms with Crippen LogP contribution in [0.3, 0.4) is 0 Å². The highest BCUT2D eigenvalue weighted by atomic mass is 19.4. The lowest BCUT2D eigenvalue weighted by molar-refractivity contribution is -0.138. The summed E-state index contributed by atoms with van der Waals surface area (Å²) in [5.74, 6) is -0.853. The monoisotopic (exact) mass is 484 g/mol. The Labute approximate surface area is 202 Å². The molecule has 0 aromatic heterocycles. The third-order valence-electron chi connectivity index (χ3n) is 5.41. The van der Waals surface area contributed by atoms with Crippen molar-refractivity contribution in [3.8, 4) is 11.1 Å². The molecule has 0 amide bonds. The number of carbonyl (C=O) groups is 1. The summed E-state index contributed by atoms with van der Waals surface area (Å²) in [5, 5.41) is 16.0. The van der Waals surface area contributed by atoms with Crippen molar-refractivity contribution >= 4 is 11.7 Å². The van der Waals surface area contributed by atoms with Crippen LogP contribution in [0.1, 0.15) is 42.5 Å². The molecule has 1 atom stereocenters. The highest BCUT2D eigenvalue weighted by molar-refractivity contribution is 5.98. The van der Waals surface area contributed by atoms with Crippen molar-refractivity contribution in [3.05, 3.63) is 95.1 Å². The fraction of sp³-hybridized carbons (Fsp3) is 0.259. The van der Waals surface area contributed by atoms with Crippen LogP contribution in [-0.2, 0) is 29.0 Å². The molecule has 5 nitrogen and oxygen atoms in total. The first-order valence-electron chi connectivity index (χ1n) is 11.1. The predicted molar refractivity (Wildman–Crippen MR) is 129 cm³/mol. The molecule has 8 heteroatoms. The van der Waals surface area contributed by atoms with Crippen LogP contribution in [0.4, 0.5) is 13.2 Å². The van der Waals surface area contributed by atoms with Gasteiger partial charge in [-0.1, -0.05) is 71.9 Å². The molecule has 184 valence electrons. The molecule has 0 saturated carbocycles. The molecular weight excluding hydrogens is 457 g/mol. The van der Waals surface area contributed by atoms with E-state index in [4.69, 9.17) is 9.94 Å². The van der Waals surface area contributed by atoms with E-state index in [0.717, 1.165) is 17.2 Å². The summed E-state index contributed by atoms with van der Waals surface area (Å²) in [6, 6.07) is 20.0. The first kappa shape index (κ1) is 26.0. The highest BCUT2D eigenvalue weighted by Gasteiger charge is 2.34. The Hall–Kier alpha value is -3.65. The van der Waals surface area contributed by atoms with Crippen molar-refractivity contribution in [1.82, 2.24) is 5.32 Å². The van der Waals surface area contributed by atoms with Crippen LogP contribution < -0.4 is 5.32 Å². The van der Waals surface area contributed by atoms with Crippen molar-refractivity contribution in [2.24, 2.45) is 5.16 Å². The van der Waals surface area contributed by atoms with E-state index in [9.17, 15) is 18.0 Å². The summed E-state index contributed by atoms with van der Waals surface area (Å²) in [5.41, 5.74) is 2.64. The van der Waals surface area contributed by atoms with Gasteiger partial charge in [-0.3, -0.25) is 4.79 Å². The normalized spacial score (nSPS) is 12.9. The molecule has 0 radical (unpaired) electrons. The molecule has 0 aliphatic rings. The largest absolute Gasteiger partial charge is 0.481 e. The second-order valence-corrected chi connectivity index (χ2v) is 8.27. The van der Waals surface area contributed by atoms with E-state index in [1.165, 1.54) is 6.07 Å². The summed E-state index contributed by atoms with van der Waals surface area (Å²) >= 11 is 0. The van der Waals surface area contributed by atoms with Crippen molar-refractivity contribution in [3.63, 3.8) is 0 Å². The second-order valence-electron chi connectivity index (χ2n) is 8.27. The van der Waals surface area contributed by atoms with Crippen molar-refractivity contribution in [2.45, 2.75) is 45.6 Å². The zero-order chi connectivity index (χ0) is 25.4. The van der Waals surface area contributed by atoms with Gasteiger partial charge in [-0.25, -0.2) is 0 Å². The van der Waals surface area contributed by atoms with E-state index in [0.29, 0.717) is 23.4 Å². The lowest BCUT2D eigenvalue weighted by Crippen LogP contribution is -2.27. The summed E-state index contributed by atoms with van der Waals surface area (Å²) in [6.07, 6.45) is -4.46. The fourth-order valence-corrected chi connectivity index (χ4v) is 3.53. The molecule has 0 fully saturated rings. The number of rotatable bonds is 10. The molecule has 2 N–H and O–H groups in total. The van der Waals surface area contributed by atoms with Gasteiger partial charge in [0.25, 0.3) is 0 Å². The maximum absolute atomic E-state index is 13.7. The van der Waals surface area contributed by atoms with Gasteiger partial charge in [0.1, 0.15) is 6.61 Å². The molecule has 0 aliphatic carbocycles. The fourth-order valence-electron chi connectivity index (χ4n) is 3.53. The van der Waals surface area contributed by atoms with Crippen molar-refractivity contribution < 1.29 is 27.9 Å². The lowest BCUT2D eigenvalue weighted by atomic mass is 9.97. The first-order valence-corrected chi connectivity index (χ1v) is 11.1. The van der Waals surface area contributed by atoms with Crippen molar-refractivity contribution in [2.75, 3.05) is 0 Å². The van der Waals surface area contributed by atoms with Gasteiger partial charge in [0.2, 0.25) is 0 Å². The third-order valence-corrected chi connectivity index (χ3v) is 5.41. The smallest absolute Gasteiger partial charge is 0.417 e. The standard InChI is InChI=1S/C27H27F3N2O3/c1-18(14-26(33)34)31-16-20-8-11-22(12-9-20)19(2)32-35-17-21-10-13-24(23-6-4-3-5-7-23)25(15-21)27(28,29)30/h3-13,15,18,31H,14,16-17H2,1-2H3,(H,33,34). The predicted octanol–water partition coefficient (Wildman–Crippen LogP) is 6.27. The van der Waals surface area contributed by atoms with E-state index >= 15 is 0 Å². The van der Waals surface area contributed by atoms with E-state index in [1.807, 2.05) is 31.2 Å². The minimum Gasteiger partial charge on any atom is -0.481 e. The van der Waals surface area contributed by atoms with Crippen LogP contribution >= 0.6 is 0 Å². The number of carboxylic acids is 1. The third kappa shape index (κ3) is 7.68. The Morgan fingerprint density at radius 2 is 1.69 bits per heavy atom. The molecule has 3 aromatic carbocycles. The van der Waals surface area contributed by atoms with Gasteiger partial charge in [0, 0.05) is 12.6 Å². The summed E-state index contributed by atoms with van der Waals surface area (Å²) in [4.78, 5) is 16.1. The van der Waals surface area contributed by atoms with Gasteiger partial charge in [0.15, 0.2) is 0 Å². The SMILES string of the molecule is CC(=NOCc1ccc(-c2ccccc2)c(C(F)(F)F)c1)c1ccc(CNC(C)CC(=O)O)cc1. The molecule has 3 aromatic rings. The topological polar surface area (TPSA) is 70.9 Å². The number of nitrogens with one attached hydrogen (secondary N) is 1. The second kappa shape index (κ2) is 11.7. The van der Waals surface area contributed by atoms with Gasteiger partial charge in [-0.2, -0.15) is 13.2 Å². The Kier molecular flexibility index (Phi) is 8.65. The van der Waals surface area contributed by atoms with E-state index < -0.39 is 17.7 Å². The van der Waals surface area contributed by atoms with Gasteiger partial charge >= 0.3 is 12.1 Å². The van der Waals surface area contributed by atoms with Crippen LogP contribution in [0.5, 0.6) is 0 Å². The lowest BCUT2D eigenvalue weighted by Gasteiger charge is -2.14. The minimum absolute atomic E-state index is 0.0423. The Balaban J connectivity index is 1.63. The number of alkyl halides is 3. The van der Waals surface area contributed by atoms with Crippen LogP contribution in [0.2, 0.25) is 0 Å². The van der Waals surface area contributed by atoms with Gasteiger partial charge in [-0.15, -0.1) is 0 Å². The molecule has 0 bridgehead atoms. The van der Waals surface area contributed by atoms with Gasteiger partial charge < -0.3 is 15.3 Å². The summed E-state index contributed by atoms with van der Waals surface area (Å²) < 4.78 is 41.0. The number of benzene rings is 3. The van der Waals surface area contributed by atoms with Crippen molar-refractivity contribution in [1.29, 1.82) is 0 Å².